The highest BCUT2D eigenvalue weighted by Gasteiger charge is 2.18. The molecule has 9 nitrogen and oxygen atoms in total. The monoisotopic (exact) mass is 469 g/mol. The van der Waals surface area contributed by atoms with Crippen LogP contribution in [0.5, 0.6) is 0 Å². The number of nitro groups is 1. The first-order valence-corrected chi connectivity index (χ1v) is 10.9. The van der Waals surface area contributed by atoms with E-state index in [9.17, 15) is 19.7 Å². The maximum absolute atomic E-state index is 12.8. The molecule has 1 N–H and O–H groups in total. The summed E-state index contributed by atoms with van der Waals surface area (Å²) in [5, 5.41) is 18.2. The standard InChI is InChI=1S/C26H23N5O4/c1-29(24(32)16-27-26(33)20-11-8-14-23(15-20)31(34)35)17-21-18-30(22-12-6-3-7-13-22)28-25(21)19-9-4-2-5-10-19/h2-15,18H,16-17H2,1H3,(H,27,33). The molecule has 4 aromatic rings. The maximum Gasteiger partial charge on any atom is 0.270 e. The Morgan fingerprint density at radius 1 is 1.00 bits per heavy atom. The van der Waals surface area contributed by atoms with Crippen LogP contribution < -0.4 is 5.32 Å². The number of nitrogens with zero attached hydrogens (tertiary/aromatic N) is 4. The molecule has 9 heteroatoms. The van der Waals surface area contributed by atoms with Gasteiger partial charge in [0.15, 0.2) is 0 Å². The number of benzene rings is 3. The summed E-state index contributed by atoms with van der Waals surface area (Å²) >= 11 is 0. The first-order valence-electron chi connectivity index (χ1n) is 10.9. The average molecular weight is 470 g/mol. The fourth-order valence-electron chi connectivity index (χ4n) is 3.57. The summed E-state index contributed by atoms with van der Waals surface area (Å²) in [6, 6.07) is 24.8. The SMILES string of the molecule is CN(Cc1cn(-c2ccccc2)nc1-c1ccccc1)C(=O)CNC(=O)c1cccc([N+](=O)[O-])c1. The molecule has 0 aliphatic carbocycles. The van der Waals surface area contributed by atoms with Gasteiger partial charge in [-0.1, -0.05) is 54.6 Å². The molecule has 0 atom stereocenters. The van der Waals surface area contributed by atoms with Crippen molar-refractivity contribution >= 4 is 17.5 Å². The second-order valence-electron chi connectivity index (χ2n) is 7.89. The van der Waals surface area contributed by atoms with Crippen LogP contribution in [0.3, 0.4) is 0 Å². The van der Waals surface area contributed by atoms with Gasteiger partial charge in [-0.3, -0.25) is 19.7 Å². The first-order chi connectivity index (χ1) is 16.9. The van der Waals surface area contributed by atoms with Gasteiger partial charge >= 0.3 is 0 Å². The Labute approximate surface area is 201 Å². The minimum Gasteiger partial charge on any atom is -0.343 e. The molecule has 0 saturated heterocycles. The van der Waals surface area contributed by atoms with Gasteiger partial charge < -0.3 is 10.2 Å². The van der Waals surface area contributed by atoms with Crippen LogP contribution in [-0.4, -0.2) is 45.0 Å². The maximum atomic E-state index is 12.8. The second kappa shape index (κ2) is 10.4. The molecule has 0 spiro atoms. The molecular weight excluding hydrogens is 446 g/mol. The largest absolute Gasteiger partial charge is 0.343 e. The molecule has 0 aliphatic heterocycles. The Balaban J connectivity index is 1.48. The van der Waals surface area contributed by atoms with Crippen molar-refractivity contribution in [1.29, 1.82) is 0 Å². The predicted molar refractivity (Wildman–Crippen MR) is 131 cm³/mol. The quantitative estimate of drug-likeness (QED) is 0.311. The zero-order valence-corrected chi connectivity index (χ0v) is 19.0. The van der Waals surface area contributed by atoms with Crippen molar-refractivity contribution in [2.24, 2.45) is 0 Å². The summed E-state index contributed by atoms with van der Waals surface area (Å²) in [5.41, 5.74) is 3.36. The van der Waals surface area contributed by atoms with E-state index in [1.807, 2.05) is 66.9 Å². The number of likely N-dealkylation sites (N-methyl/N-ethyl adjacent to an activating group) is 1. The number of nitrogens with one attached hydrogen (secondary N) is 1. The van der Waals surface area contributed by atoms with E-state index in [2.05, 4.69) is 5.32 Å². The number of rotatable bonds is 8. The summed E-state index contributed by atoms with van der Waals surface area (Å²) in [6.45, 7) is 0.0358. The number of nitro benzene ring substituents is 1. The number of para-hydroxylation sites is 1. The molecule has 0 fully saturated rings. The van der Waals surface area contributed by atoms with E-state index in [1.165, 1.54) is 29.2 Å². The van der Waals surface area contributed by atoms with Crippen LogP contribution in [0.2, 0.25) is 0 Å². The van der Waals surface area contributed by atoms with Crippen LogP contribution in [0.4, 0.5) is 5.69 Å². The third-order valence-corrected chi connectivity index (χ3v) is 5.41. The number of amides is 2. The average Bonchev–Trinajstić information content (AvgIpc) is 3.31. The third kappa shape index (κ3) is 5.59. The number of hydrogen-bond acceptors (Lipinski definition) is 5. The molecule has 176 valence electrons. The van der Waals surface area contributed by atoms with E-state index in [-0.39, 0.29) is 30.2 Å². The Hall–Kier alpha value is -4.79. The van der Waals surface area contributed by atoms with Crippen molar-refractivity contribution in [1.82, 2.24) is 20.0 Å². The van der Waals surface area contributed by atoms with Crippen LogP contribution in [0.15, 0.2) is 91.1 Å². The molecular formula is C26H23N5O4. The van der Waals surface area contributed by atoms with Gasteiger partial charge in [0.2, 0.25) is 5.91 Å². The normalized spacial score (nSPS) is 10.5. The van der Waals surface area contributed by atoms with Crippen LogP contribution in [0.1, 0.15) is 15.9 Å². The molecule has 0 unspecified atom stereocenters. The minimum atomic E-state index is -0.574. The molecule has 1 aromatic heterocycles. The van der Waals surface area contributed by atoms with Gasteiger partial charge in [0, 0.05) is 48.6 Å². The Morgan fingerprint density at radius 2 is 1.69 bits per heavy atom. The molecule has 0 bridgehead atoms. The molecule has 3 aromatic carbocycles. The summed E-state index contributed by atoms with van der Waals surface area (Å²) in [7, 11) is 1.65. The highest BCUT2D eigenvalue weighted by atomic mass is 16.6. The lowest BCUT2D eigenvalue weighted by Gasteiger charge is -2.17. The fourth-order valence-corrected chi connectivity index (χ4v) is 3.57. The molecule has 1 heterocycles. The second-order valence-corrected chi connectivity index (χ2v) is 7.89. The summed E-state index contributed by atoms with van der Waals surface area (Å²) in [4.78, 5) is 37.0. The number of hydrogen-bond donors (Lipinski definition) is 1. The van der Waals surface area contributed by atoms with Gasteiger partial charge in [-0.2, -0.15) is 5.10 Å². The van der Waals surface area contributed by atoms with E-state index >= 15 is 0 Å². The van der Waals surface area contributed by atoms with E-state index in [1.54, 1.807) is 11.7 Å². The van der Waals surface area contributed by atoms with Crippen molar-refractivity contribution in [3.63, 3.8) is 0 Å². The molecule has 0 aliphatic rings. The Morgan fingerprint density at radius 3 is 2.37 bits per heavy atom. The van der Waals surface area contributed by atoms with Gasteiger partial charge in [-0.25, -0.2) is 4.68 Å². The lowest BCUT2D eigenvalue weighted by molar-refractivity contribution is -0.384. The van der Waals surface area contributed by atoms with Crippen LogP contribution in [-0.2, 0) is 11.3 Å². The topological polar surface area (TPSA) is 110 Å². The van der Waals surface area contributed by atoms with Gasteiger partial charge in [0.05, 0.1) is 22.8 Å². The van der Waals surface area contributed by atoms with Crippen LogP contribution >= 0.6 is 0 Å². The van der Waals surface area contributed by atoms with Gasteiger partial charge in [0.1, 0.15) is 0 Å². The summed E-state index contributed by atoms with van der Waals surface area (Å²) < 4.78 is 1.78. The predicted octanol–water partition coefficient (Wildman–Crippen LogP) is 3.84. The molecule has 2 amide bonds. The zero-order chi connectivity index (χ0) is 24.8. The van der Waals surface area contributed by atoms with Crippen LogP contribution in [0.25, 0.3) is 16.9 Å². The highest BCUT2D eigenvalue weighted by Crippen LogP contribution is 2.24. The van der Waals surface area contributed by atoms with Crippen molar-refractivity contribution in [2.45, 2.75) is 6.54 Å². The molecule has 0 radical (unpaired) electrons. The summed E-state index contributed by atoms with van der Waals surface area (Å²) in [6.07, 6.45) is 1.89. The van der Waals surface area contributed by atoms with Gasteiger partial charge in [-0.05, 0) is 18.2 Å². The van der Waals surface area contributed by atoms with Crippen molar-refractivity contribution < 1.29 is 14.5 Å². The lowest BCUT2D eigenvalue weighted by atomic mass is 10.1. The lowest BCUT2D eigenvalue weighted by Crippen LogP contribution is -2.37. The smallest absolute Gasteiger partial charge is 0.270 e. The van der Waals surface area contributed by atoms with E-state index < -0.39 is 10.8 Å². The number of carbonyl (C=O) groups excluding carboxylic acids is 2. The third-order valence-electron chi connectivity index (χ3n) is 5.41. The van der Waals surface area contributed by atoms with E-state index in [0.29, 0.717) is 0 Å². The van der Waals surface area contributed by atoms with Crippen molar-refractivity contribution in [3.05, 3.63) is 112 Å². The Kier molecular flexibility index (Phi) is 6.96. The molecule has 0 saturated carbocycles. The van der Waals surface area contributed by atoms with E-state index in [4.69, 9.17) is 5.10 Å². The van der Waals surface area contributed by atoms with E-state index in [0.717, 1.165) is 22.5 Å². The number of aromatic nitrogens is 2. The summed E-state index contributed by atoms with van der Waals surface area (Å²) in [5.74, 6) is -0.868. The minimum absolute atomic E-state index is 0.116. The molecule has 4 rings (SSSR count). The first kappa shape index (κ1) is 23.4. The van der Waals surface area contributed by atoms with Crippen molar-refractivity contribution in [3.8, 4) is 16.9 Å². The van der Waals surface area contributed by atoms with Gasteiger partial charge in [0.25, 0.3) is 11.6 Å². The highest BCUT2D eigenvalue weighted by molar-refractivity contribution is 5.96. The number of non-ortho nitro benzene ring substituents is 1. The van der Waals surface area contributed by atoms with Gasteiger partial charge in [-0.15, -0.1) is 0 Å². The number of carbonyl (C=O) groups is 2. The fraction of sp³-hybridized carbons (Fsp3) is 0.115. The van der Waals surface area contributed by atoms with Crippen molar-refractivity contribution in [2.75, 3.05) is 13.6 Å². The molecule has 35 heavy (non-hydrogen) atoms. The zero-order valence-electron chi connectivity index (χ0n) is 19.0. The Bertz CT molecular complexity index is 1350. The van der Waals surface area contributed by atoms with Crippen LogP contribution in [0, 0.1) is 10.1 Å².